The number of halogens is 1. The zero-order valence-corrected chi connectivity index (χ0v) is 17.9. The Hall–Kier alpha value is -3.03. The zero-order chi connectivity index (χ0) is 22.0. The van der Waals surface area contributed by atoms with Gasteiger partial charge in [-0.15, -0.1) is 0 Å². The van der Waals surface area contributed by atoms with E-state index in [-0.39, 0.29) is 36.1 Å². The number of amides is 2. The number of rotatable bonds is 6. The largest absolute Gasteiger partial charge is 0.485 e. The normalized spacial score (nSPS) is 16.0. The third-order valence-corrected chi connectivity index (χ3v) is 5.01. The topological polar surface area (TPSA) is 93.2 Å². The monoisotopic (exact) mass is 414 g/mol. The van der Waals surface area contributed by atoms with Crippen molar-refractivity contribution in [3.05, 3.63) is 41.1 Å². The molecular weight excluding hydrogens is 387 g/mol. The molecule has 1 aromatic carbocycles. The van der Waals surface area contributed by atoms with Gasteiger partial charge in [0.15, 0.2) is 11.6 Å². The van der Waals surface area contributed by atoms with Crippen LogP contribution in [-0.2, 0) is 16.0 Å². The summed E-state index contributed by atoms with van der Waals surface area (Å²) in [6.07, 6.45) is 1.75. The number of nitrogens with zero attached hydrogens (tertiary/aromatic N) is 2. The molecule has 1 aromatic heterocycles. The molecule has 30 heavy (non-hydrogen) atoms. The molecule has 1 aliphatic heterocycles. The van der Waals surface area contributed by atoms with Crippen LogP contribution >= 0.6 is 0 Å². The molecule has 0 saturated carbocycles. The number of fused-ring (bicyclic) bond motifs is 1. The number of carbonyl (C=O) groups excluding carboxylic acids is 2. The highest BCUT2D eigenvalue weighted by molar-refractivity contribution is 5.87. The van der Waals surface area contributed by atoms with Gasteiger partial charge in [0.25, 0.3) is 0 Å². The van der Waals surface area contributed by atoms with Crippen molar-refractivity contribution in [1.29, 1.82) is 0 Å². The van der Waals surface area contributed by atoms with Gasteiger partial charge in [-0.25, -0.2) is 9.37 Å². The van der Waals surface area contributed by atoms with Crippen molar-refractivity contribution in [3.8, 4) is 17.0 Å². The fourth-order valence-electron chi connectivity index (χ4n) is 3.53. The summed E-state index contributed by atoms with van der Waals surface area (Å²) in [5.74, 6) is -0.866. The van der Waals surface area contributed by atoms with Gasteiger partial charge in [0.1, 0.15) is 12.1 Å². The number of carbonyl (C=O) groups is 2. The van der Waals surface area contributed by atoms with Crippen molar-refractivity contribution in [1.82, 2.24) is 20.6 Å². The first-order valence-electron chi connectivity index (χ1n) is 10.00. The highest BCUT2D eigenvalue weighted by atomic mass is 19.1. The molecule has 7 nitrogen and oxygen atoms in total. The molecule has 0 saturated heterocycles. The lowest BCUT2D eigenvalue weighted by molar-refractivity contribution is -0.129. The summed E-state index contributed by atoms with van der Waals surface area (Å²) in [6.45, 7) is 8.98. The van der Waals surface area contributed by atoms with Crippen molar-refractivity contribution < 1.29 is 18.7 Å². The predicted molar refractivity (Wildman–Crippen MR) is 110 cm³/mol. The van der Waals surface area contributed by atoms with E-state index in [0.29, 0.717) is 17.7 Å². The molecule has 0 aliphatic carbocycles. The van der Waals surface area contributed by atoms with E-state index in [2.05, 4.69) is 20.6 Å². The second kappa shape index (κ2) is 8.77. The summed E-state index contributed by atoms with van der Waals surface area (Å²) in [4.78, 5) is 32.6. The van der Waals surface area contributed by atoms with E-state index >= 15 is 0 Å². The number of aromatic nitrogens is 2. The standard InChI is InChI=1S/C22H27FN4O3/c1-11(2)19(27-14(5)28)22(29)25-10-17-7-16-6-15(8-18(23)21(16)30-17)20-13(4)24-9-12(3)26-20/h6,8-9,11,17,19H,7,10H2,1-5H3,(H,25,29)(H,27,28). The molecule has 2 aromatic rings. The van der Waals surface area contributed by atoms with E-state index in [0.717, 1.165) is 17.0 Å². The highest BCUT2D eigenvalue weighted by Gasteiger charge is 2.29. The van der Waals surface area contributed by atoms with Gasteiger partial charge in [0.05, 0.1) is 23.6 Å². The second-order valence-electron chi connectivity index (χ2n) is 8.00. The Morgan fingerprint density at radius 2 is 2.03 bits per heavy atom. The zero-order valence-electron chi connectivity index (χ0n) is 17.9. The lowest BCUT2D eigenvalue weighted by Crippen LogP contribution is -2.50. The van der Waals surface area contributed by atoms with E-state index in [4.69, 9.17) is 4.74 Å². The molecule has 0 spiro atoms. The number of hydrogen-bond donors (Lipinski definition) is 2. The molecule has 2 amide bonds. The second-order valence-corrected chi connectivity index (χ2v) is 8.00. The summed E-state index contributed by atoms with van der Waals surface area (Å²) < 4.78 is 20.5. The smallest absolute Gasteiger partial charge is 0.242 e. The minimum absolute atomic E-state index is 0.0609. The van der Waals surface area contributed by atoms with Crippen LogP contribution in [0.4, 0.5) is 4.39 Å². The van der Waals surface area contributed by atoms with Crippen LogP contribution in [0.2, 0.25) is 0 Å². The molecule has 160 valence electrons. The van der Waals surface area contributed by atoms with Crippen molar-refractivity contribution in [2.45, 2.75) is 53.2 Å². The van der Waals surface area contributed by atoms with Crippen molar-refractivity contribution in [2.75, 3.05) is 6.54 Å². The van der Waals surface area contributed by atoms with E-state index in [1.54, 1.807) is 6.20 Å². The Morgan fingerprint density at radius 1 is 1.30 bits per heavy atom. The fraction of sp³-hybridized carbons (Fsp3) is 0.455. The summed E-state index contributed by atoms with van der Waals surface area (Å²) in [7, 11) is 0. The minimum atomic E-state index is -0.627. The molecule has 2 atom stereocenters. The Kier molecular flexibility index (Phi) is 6.34. The molecule has 3 rings (SSSR count). The van der Waals surface area contributed by atoms with Crippen LogP contribution < -0.4 is 15.4 Å². The van der Waals surface area contributed by atoms with Crippen LogP contribution in [0.25, 0.3) is 11.3 Å². The lowest BCUT2D eigenvalue weighted by Gasteiger charge is -2.22. The van der Waals surface area contributed by atoms with Crippen molar-refractivity contribution in [2.24, 2.45) is 5.92 Å². The van der Waals surface area contributed by atoms with Crippen molar-refractivity contribution in [3.63, 3.8) is 0 Å². The van der Waals surface area contributed by atoms with Gasteiger partial charge in [-0.1, -0.05) is 13.8 Å². The quantitative estimate of drug-likeness (QED) is 0.758. The number of aryl methyl sites for hydroxylation is 2. The first-order chi connectivity index (χ1) is 14.2. The molecule has 2 N–H and O–H groups in total. The number of hydrogen-bond acceptors (Lipinski definition) is 5. The molecular formula is C22H27FN4O3. The number of ether oxygens (including phenoxy) is 1. The SMILES string of the molecule is CC(=O)NC(C(=O)NCC1Cc2cc(-c3nc(C)cnc3C)cc(F)c2O1)C(C)C. The van der Waals surface area contributed by atoms with Gasteiger partial charge >= 0.3 is 0 Å². The van der Waals surface area contributed by atoms with Crippen LogP contribution in [0.3, 0.4) is 0 Å². The maximum absolute atomic E-state index is 14.7. The van der Waals surface area contributed by atoms with Crippen LogP contribution in [-0.4, -0.2) is 40.5 Å². The van der Waals surface area contributed by atoms with Gasteiger partial charge in [0.2, 0.25) is 11.8 Å². The van der Waals surface area contributed by atoms with Gasteiger partial charge < -0.3 is 15.4 Å². The summed E-state index contributed by atoms with van der Waals surface area (Å²) >= 11 is 0. The van der Waals surface area contributed by atoms with E-state index in [1.165, 1.54) is 13.0 Å². The maximum Gasteiger partial charge on any atom is 0.242 e. The molecule has 8 heteroatoms. The number of nitrogens with one attached hydrogen (secondary N) is 2. The molecule has 2 unspecified atom stereocenters. The van der Waals surface area contributed by atoms with Crippen molar-refractivity contribution >= 4 is 11.8 Å². The van der Waals surface area contributed by atoms with Crippen LogP contribution in [0.15, 0.2) is 18.3 Å². The Bertz CT molecular complexity index is 977. The molecule has 0 fully saturated rings. The number of benzene rings is 1. The Balaban J connectivity index is 1.71. The Labute approximate surface area is 175 Å². The lowest BCUT2D eigenvalue weighted by atomic mass is 10.0. The molecule has 0 radical (unpaired) electrons. The molecule has 1 aliphatic rings. The fourth-order valence-corrected chi connectivity index (χ4v) is 3.53. The van der Waals surface area contributed by atoms with E-state index in [1.807, 2.05) is 33.8 Å². The predicted octanol–water partition coefficient (Wildman–Crippen LogP) is 2.48. The van der Waals surface area contributed by atoms with Gasteiger partial charge in [-0.05, 0) is 31.9 Å². The van der Waals surface area contributed by atoms with Gasteiger partial charge in [-0.2, -0.15) is 0 Å². The van der Waals surface area contributed by atoms with E-state index < -0.39 is 11.9 Å². The average Bonchev–Trinajstić information content (AvgIpc) is 3.09. The first kappa shape index (κ1) is 21.7. The third-order valence-electron chi connectivity index (χ3n) is 5.01. The summed E-state index contributed by atoms with van der Waals surface area (Å²) in [5, 5.41) is 5.46. The first-order valence-corrected chi connectivity index (χ1v) is 10.00. The maximum atomic E-state index is 14.7. The highest BCUT2D eigenvalue weighted by Crippen LogP contribution is 2.35. The van der Waals surface area contributed by atoms with E-state index in [9.17, 15) is 14.0 Å². The summed E-state index contributed by atoms with van der Waals surface area (Å²) in [5.41, 5.74) is 3.50. The van der Waals surface area contributed by atoms with Crippen LogP contribution in [0, 0.1) is 25.6 Å². The van der Waals surface area contributed by atoms with Gasteiger partial charge in [0, 0.05) is 30.7 Å². The van der Waals surface area contributed by atoms with Crippen LogP contribution in [0.1, 0.15) is 37.7 Å². The molecule has 2 heterocycles. The third kappa shape index (κ3) is 4.75. The van der Waals surface area contributed by atoms with Gasteiger partial charge in [-0.3, -0.25) is 14.6 Å². The Morgan fingerprint density at radius 3 is 2.70 bits per heavy atom. The minimum Gasteiger partial charge on any atom is -0.485 e. The average molecular weight is 414 g/mol. The molecule has 0 bridgehead atoms. The summed E-state index contributed by atoms with van der Waals surface area (Å²) in [6, 6.07) is 2.64. The van der Waals surface area contributed by atoms with Crippen LogP contribution in [0.5, 0.6) is 5.75 Å².